The third-order valence-corrected chi connectivity index (χ3v) is 4.84. The molecular weight excluding hydrogens is 342 g/mol. The minimum atomic E-state index is -0.101. The van der Waals surface area contributed by atoms with Gasteiger partial charge >= 0.3 is 0 Å². The number of aromatic nitrogens is 1. The molecule has 2 aromatic rings. The third kappa shape index (κ3) is 3.96. The fourth-order valence-corrected chi connectivity index (χ4v) is 3.26. The van der Waals surface area contributed by atoms with Gasteiger partial charge in [0.15, 0.2) is 11.5 Å². The molecule has 7 heteroatoms. The predicted octanol–water partition coefficient (Wildman–Crippen LogP) is 3.14. The van der Waals surface area contributed by atoms with Crippen LogP contribution in [0.25, 0.3) is 0 Å². The molecule has 0 saturated carbocycles. The van der Waals surface area contributed by atoms with Crippen molar-refractivity contribution in [3.8, 4) is 0 Å². The Labute approximate surface area is 152 Å². The zero-order valence-corrected chi connectivity index (χ0v) is 15.3. The van der Waals surface area contributed by atoms with E-state index in [0.29, 0.717) is 31.2 Å². The van der Waals surface area contributed by atoms with Gasteiger partial charge in [-0.1, -0.05) is 22.8 Å². The number of methoxy groups -OCH3 is 1. The molecule has 0 spiro atoms. The number of anilines is 1. The Morgan fingerprint density at radius 2 is 2.16 bits per heavy atom. The standard InChI is InChI=1S/C18H22ClN3O3/c1-13-15(19)5-3-6-17(13)21-7-4-8-22(10-9-21)18(23)16-11-14(12-24-2)25-20-16/h3,5-6,11H,4,7-10,12H2,1-2H3. The molecule has 1 aliphatic heterocycles. The van der Waals surface area contributed by atoms with E-state index in [1.54, 1.807) is 13.2 Å². The second-order valence-corrected chi connectivity index (χ2v) is 6.54. The maximum atomic E-state index is 12.7. The summed E-state index contributed by atoms with van der Waals surface area (Å²) in [4.78, 5) is 16.8. The second kappa shape index (κ2) is 7.89. The number of ether oxygens (including phenoxy) is 1. The van der Waals surface area contributed by atoms with Crippen molar-refractivity contribution in [3.63, 3.8) is 0 Å². The molecule has 0 N–H and O–H groups in total. The van der Waals surface area contributed by atoms with Crippen LogP contribution in [0.15, 0.2) is 28.8 Å². The van der Waals surface area contributed by atoms with Gasteiger partial charge in [-0.15, -0.1) is 0 Å². The van der Waals surface area contributed by atoms with Crippen LogP contribution in [-0.2, 0) is 11.3 Å². The molecule has 0 aliphatic carbocycles. The van der Waals surface area contributed by atoms with Crippen molar-refractivity contribution in [1.29, 1.82) is 0 Å². The van der Waals surface area contributed by atoms with Crippen molar-refractivity contribution in [2.75, 3.05) is 38.2 Å². The maximum Gasteiger partial charge on any atom is 0.276 e. The molecule has 0 unspecified atom stereocenters. The number of carbonyl (C=O) groups excluding carboxylic acids is 1. The zero-order valence-electron chi connectivity index (χ0n) is 14.5. The van der Waals surface area contributed by atoms with Gasteiger partial charge in [-0.05, 0) is 31.0 Å². The van der Waals surface area contributed by atoms with Crippen LogP contribution < -0.4 is 4.90 Å². The van der Waals surface area contributed by atoms with Gasteiger partial charge in [0.2, 0.25) is 0 Å². The van der Waals surface area contributed by atoms with Crippen molar-refractivity contribution in [2.24, 2.45) is 0 Å². The van der Waals surface area contributed by atoms with E-state index in [1.807, 2.05) is 24.0 Å². The lowest BCUT2D eigenvalue weighted by atomic mass is 10.1. The Kier molecular flexibility index (Phi) is 5.60. The van der Waals surface area contributed by atoms with Crippen LogP contribution in [0.2, 0.25) is 5.02 Å². The Balaban J connectivity index is 1.68. The van der Waals surface area contributed by atoms with Crippen LogP contribution in [0.4, 0.5) is 5.69 Å². The summed E-state index contributed by atoms with van der Waals surface area (Å²) < 4.78 is 10.1. The Morgan fingerprint density at radius 1 is 1.32 bits per heavy atom. The molecule has 0 atom stereocenters. The van der Waals surface area contributed by atoms with Crippen LogP contribution in [0.5, 0.6) is 0 Å². The number of benzene rings is 1. The molecule has 1 aromatic heterocycles. The van der Waals surface area contributed by atoms with E-state index in [-0.39, 0.29) is 5.91 Å². The fraction of sp³-hybridized carbons (Fsp3) is 0.444. The largest absolute Gasteiger partial charge is 0.377 e. The number of amides is 1. The Morgan fingerprint density at radius 3 is 2.96 bits per heavy atom. The van der Waals surface area contributed by atoms with Gasteiger partial charge in [0.1, 0.15) is 6.61 Å². The van der Waals surface area contributed by atoms with Crippen LogP contribution >= 0.6 is 11.6 Å². The molecule has 1 saturated heterocycles. The van der Waals surface area contributed by atoms with Crippen LogP contribution in [0.1, 0.15) is 28.2 Å². The molecule has 0 radical (unpaired) electrons. The maximum absolute atomic E-state index is 12.7. The van der Waals surface area contributed by atoms with Gasteiger partial charge in [0.05, 0.1) is 0 Å². The van der Waals surface area contributed by atoms with Crippen LogP contribution in [0.3, 0.4) is 0 Å². The highest BCUT2D eigenvalue weighted by Gasteiger charge is 2.23. The lowest BCUT2D eigenvalue weighted by molar-refractivity contribution is 0.0756. The van der Waals surface area contributed by atoms with Gasteiger partial charge < -0.3 is 19.1 Å². The predicted molar refractivity (Wildman–Crippen MR) is 96.1 cm³/mol. The lowest BCUT2D eigenvalue weighted by Gasteiger charge is -2.25. The molecule has 25 heavy (non-hydrogen) atoms. The summed E-state index contributed by atoms with van der Waals surface area (Å²) in [5, 5.41) is 4.63. The normalized spacial score (nSPS) is 15.3. The SMILES string of the molecule is COCc1cc(C(=O)N2CCCN(c3cccc(Cl)c3C)CC2)no1. The van der Waals surface area contributed by atoms with Crippen molar-refractivity contribution in [3.05, 3.63) is 46.3 Å². The number of nitrogens with zero attached hydrogens (tertiary/aromatic N) is 3. The van der Waals surface area contributed by atoms with E-state index in [1.165, 1.54) is 0 Å². The molecule has 134 valence electrons. The molecule has 0 bridgehead atoms. The molecule has 1 fully saturated rings. The Bertz CT molecular complexity index is 747. The molecule has 3 rings (SSSR count). The highest BCUT2D eigenvalue weighted by Crippen LogP contribution is 2.27. The smallest absolute Gasteiger partial charge is 0.276 e. The number of halogens is 1. The Hall–Kier alpha value is -2.05. The topological polar surface area (TPSA) is 58.8 Å². The number of rotatable bonds is 4. The van der Waals surface area contributed by atoms with E-state index in [0.717, 1.165) is 35.8 Å². The number of carbonyl (C=O) groups is 1. The summed E-state index contributed by atoms with van der Waals surface area (Å²) in [5.41, 5.74) is 2.54. The summed E-state index contributed by atoms with van der Waals surface area (Å²) in [6.07, 6.45) is 0.889. The van der Waals surface area contributed by atoms with Crippen molar-refractivity contribution in [2.45, 2.75) is 20.0 Å². The van der Waals surface area contributed by atoms with E-state index >= 15 is 0 Å². The van der Waals surface area contributed by atoms with Crippen LogP contribution in [0, 0.1) is 6.92 Å². The second-order valence-electron chi connectivity index (χ2n) is 6.13. The summed E-state index contributed by atoms with van der Waals surface area (Å²) in [7, 11) is 1.57. The molecule has 6 nitrogen and oxygen atoms in total. The number of hydrogen-bond acceptors (Lipinski definition) is 5. The first-order valence-electron chi connectivity index (χ1n) is 8.34. The quantitative estimate of drug-likeness (QED) is 0.835. The van der Waals surface area contributed by atoms with Gasteiger partial charge in [-0.25, -0.2) is 0 Å². The minimum absolute atomic E-state index is 0.101. The number of hydrogen-bond donors (Lipinski definition) is 0. The summed E-state index contributed by atoms with van der Waals surface area (Å²) in [6.45, 7) is 5.31. The van der Waals surface area contributed by atoms with Crippen molar-refractivity contribution in [1.82, 2.24) is 10.1 Å². The first-order valence-corrected chi connectivity index (χ1v) is 8.72. The molecular formula is C18H22ClN3O3. The van der Waals surface area contributed by atoms with Gasteiger partial charge in [-0.3, -0.25) is 4.79 Å². The van der Waals surface area contributed by atoms with Gasteiger partial charge in [0, 0.05) is 50.1 Å². The van der Waals surface area contributed by atoms with Crippen molar-refractivity contribution >= 4 is 23.2 Å². The summed E-state index contributed by atoms with van der Waals surface area (Å²) >= 11 is 6.24. The monoisotopic (exact) mass is 363 g/mol. The first-order chi connectivity index (χ1) is 12.1. The zero-order chi connectivity index (χ0) is 17.8. The molecule has 1 aliphatic rings. The molecule has 1 aromatic carbocycles. The lowest BCUT2D eigenvalue weighted by Crippen LogP contribution is -2.35. The molecule has 2 heterocycles. The van der Waals surface area contributed by atoms with E-state index in [2.05, 4.69) is 16.1 Å². The van der Waals surface area contributed by atoms with E-state index in [4.69, 9.17) is 20.9 Å². The minimum Gasteiger partial charge on any atom is -0.377 e. The first kappa shape index (κ1) is 17.8. The fourth-order valence-electron chi connectivity index (χ4n) is 3.09. The van der Waals surface area contributed by atoms with Crippen molar-refractivity contribution < 1.29 is 14.1 Å². The average molecular weight is 364 g/mol. The third-order valence-electron chi connectivity index (χ3n) is 4.43. The molecule has 1 amide bonds. The highest BCUT2D eigenvalue weighted by molar-refractivity contribution is 6.31. The highest BCUT2D eigenvalue weighted by atomic mass is 35.5. The van der Waals surface area contributed by atoms with E-state index in [9.17, 15) is 4.79 Å². The average Bonchev–Trinajstić information content (AvgIpc) is 2.93. The van der Waals surface area contributed by atoms with E-state index < -0.39 is 0 Å². The van der Waals surface area contributed by atoms with Gasteiger partial charge in [0.25, 0.3) is 5.91 Å². The summed E-state index contributed by atoms with van der Waals surface area (Å²) in [5.74, 6) is 0.451. The van der Waals surface area contributed by atoms with Gasteiger partial charge in [-0.2, -0.15) is 0 Å². The van der Waals surface area contributed by atoms with Crippen LogP contribution in [-0.4, -0.2) is 49.3 Å². The summed E-state index contributed by atoms with van der Waals surface area (Å²) in [6, 6.07) is 7.59.